The highest BCUT2D eigenvalue weighted by Gasteiger charge is 2.02. The first-order valence-electron chi connectivity index (χ1n) is 4.67. The van der Waals surface area contributed by atoms with Gasteiger partial charge in [0.1, 0.15) is 5.82 Å². The van der Waals surface area contributed by atoms with Crippen LogP contribution in [0.3, 0.4) is 0 Å². The van der Waals surface area contributed by atoms with Gasteiger partial charge in [-0.25, -0.2) is 0 Å². The molecule has 0 fully saturated rings. The average molecular weight is 188 g/mol. The van der Waals surface area contributed by atoms with E-state index in [1.807, 2.05) is 37.3 Å². The maximum atomic E-state index is 11.1. The zero-order valence-corrected chi connectivity index (χ0v) is 8.00. The number of nitrogens with one attached hydrogen (secondary N) is 2. The van der Waals surface area contributed by atoms with Gasteiger partial charge in [-0.1, -0.05) is 25.1 Å². The summed E-state index contributed by atoms with van der Waals surface area (Å²) in [5.74, 6) is 0.787. The van der Waals surface area contributed by atoms with Gasteiger partial charge in [-0.15, -0.1) is 0 Å². The maximum Gasteiger partial charge on any atom is 0.225 e. The first-order valence-corrected chi connectivity index (χ1v) is 4.67. The molecule has 0 aliphatic carbocycles. The van der Waals surface area contributed by atoms with Crippen LogP contribution in [0.1, 0.15) is 13.3 Å². The van der Waals surface area contributed by atoms with E-state index in [2.05, 4.69) is 10.3 Å². The predicted molar refractivity (Wildman–Crippen MR) is 57.2 cm³/mol. The summed E-state index contributed by atoms with van der Waals surface area (Å²) in [5, 5.41) is 3.90. The summed E-state index contributed by atoms with van der Waals surface area (Å²) in [6.07, 6.45) is 0.495. The molecular weight excluding hydrogens is 176 g/mol. The Kier molecular flexibility index (Phi) is 2.23. The molecular formula is C11H12N2O. The van der Waals surface area contributed by atoms with Gasteiger partial charge in [0.25, 0.3) is 0 Å². The number of hydrogen-bond donors (Lipinski definition) is 2. The Hall–Kier alpha value is -1.77. The van der Waals surface area contributed by atoms with Crippen LogP contribution in [0.2, 0.25) is 0 Å². The molecule has 0 bridgehead atoms. The number of anilines is 1. The topological polar surface area (TPSA) is 44.9 Å². The smallest absolute Gasteiger partial charge is 0.225 e. The van der Waals surface area contributed by atoms with Crippen molar-refractivity contribution in [1.29, 1.82) is 0 Å². The number of aromatic amines is 1. The SMILES string of the molecule is CCC(=O)Nc1cc2ccccc2[nH]1. The molecule has 0 unspecified atom stereocenters. The minimum absolute atomic E-state index is 0.0246. The maximum absolute atomic E-state index is 11.1. The number of amides is 1. The molecule has 0 saturated carbocycles. The molecule has 1 heterocycles. The highest BCUT2D eigenvalue weighted by molar-refractivity contribution is 5.93. The number of hydrogen-bond acceptors (Lipinski definition) is 1. The number of rotatable bonds is 2. The van der Waals surface area contributed by atoms with Crippen LogP contribution in [0.4, 0.5) is 5.82 Å². The van der Waals surface area contributed by atoms with Crippen molar-refractivity contribution >= 4 is 22.6 Å². The molecule has 14 heavy (non-hydrogen) atoms. The van der Waals surface area contributed by atoms with E-state index < -0.39 is 0 Å². The van der Waals surface area contributed by atoms with E-state index in [0.29, 0.717) is 6.42 Å². The summed E-state index contributed by atoms with van der Waals surface area (Å²) >= 11 is 0. The highest BCUT2D eigenvalue weighted by Crippen LogP contribution is 2.17. The molecule has 1 aromatic heterocycles. The monoisotopic (exact) mass is 188 g/mol. The molecule has 0 aliphatic heterocycles. The van der Waals surface area contributed by atoms with E-state index in [1.54, 1.807) is 0 Å². The molecule has 0 atom stereocenters. The van der Waals surface area contributed by atoms with Crippen molar-refractivity contribution in [1.82, 2.24) is 4.98 Å². The van der Waals surface area contributed by atoms with Gasteiger partial charge in [-0.3, -0.25) is 4.79 Å². The molecule has 2 N–H and O–H groups in total. The molecule has 72 valence electrons. The van der Waals surface area contributed by atoms with Crippen LogP contribution in [0.15, 0.2) is 30.3 Å². The zero-order chi connectivity index (χ0) is 9.97. The molecule has 0 radical (unpaired) electrons. The van der Waals surface area contributed by atoms with Crippen molar-refractivity contribution < 1.29 is 4.79 Å². The molecule has 0 spiro atoms. The first-order chi connectivity index (χ1) is 6.79. The Balaban J connectivity index is 2.31. The van der Waals surface area contributed by atoms with Crippen molar-refractivity contribution in [2.45, 2.75) is 13.3 Å². The molecule has 3 heteroatoms. The lowest BCUT2D eigenvalue weighted by molar-refractivity contribution is -0.115. The Bertz CT molecular complexity index is 426. The second-order valence-corrected chi connectivity index (χ2v) is 3.17. The normalized spacial score (nSPS) is 10.4. The van der Waals surface area contributed by atoms with Gasteiger partial charge in [-0.05, 0) is 12.1 Å². The third kappa shape index (κ3) is 1.62. The van der Waals surface area contributed by atoms with Crippen molar-refractivity contribution in [3.8, 4) is 0 Å². The predicted octanol–water partition coefficient (Wildman–Crippen LogP) is 2.52. The largest absolute Gasteiger partial charge is 0.341 e. The summed E-state index contributed by atoms with van der Waals surface area (Å²) in [6, 6.07) is 9.86. The van der Waals surface area contributed by atoms with Crippen LogP contribution < -0.4 is 5.32 Å². The van der Waals surface area contributed by atoms with E-state index >= 15 is 0 Å². The van der Waals surface area contributed by atoms with Crippen LogP contribution in [-0.4, -0.2) is 10.9 Å². The van der Waals surface area contributed by atoms with E-state index in [4.69, 9.17) is 0 Å². The fraction of sp³-hybridized carbons (Fsp3) is 0.182. The third-order valence-electron chi connectivity index (χ3n) is 2.13. The second kappa shape index (κ2) is 3.54. The number of carbonyl (C=O) groups is 1. The summed E-state index contributed by atoms with van der Waals surface area (Å²) < 4.78 is 0. The molecule has 2 rings (SSSR count). The third-order valence-corrected chi connectivity index (χ3v) is 2.13. The summed E-state index contributed by atoms with van der Waals surface area (Å²) in [4.78, 5) is 14.3. The van der Waals surface area contributed by atoms with Gasteiger partial charge >= 0.3 is 0 Å². The Morgan fingerprint density at radius 3 is 2.93 bits per heavy atom. The zero-order valence-electron chi connectivity index (χ0n) is 8.00. The van der Waals surface area contributed by atoms with Crippen molar-refractivity contribution in [2.24, 2.45) is 0 Å². The minimum Gasteiger partial charge on any atom is -0.341 e. The molecule has 0 aliphatic rings. The van der Waals surface area contributed by atoms with Gasteiger partial charge in [0.2, 0.25) is 5.91 Å². The van der Waals surface area contributed by atoms with Gasteiger partial charge in [0.05, 0.1) is 0 Å². The van der Waals surface area contributed by atoms with Gasteiger partial charge < -0.3 is 10.3 Å². The van der Waals surface area contributed by atoms with E-state index in [-0.39, 0.29) is 5.91 Å². The lowest BCUT2D eigenvalue weighted by Gasteiger charge is -1.97. The quantitative estimate of drug-likeness (QED) is 0.747. The van der Waals surface area contributed by atoms with E-state index in [9.17, 15) is 4.79 Å². The van der Waals surface area contributed by atoms with Crippen LogP contribution in [-0.2, 0) is 4.79 Å². The Morgan fingerprint density at radius 2 is 2.21 bits per heavy atom. The molecule has 0 saturated heterocycles. The lowest BCUT2D eigenvalue weighted by atomic mass is 10.2. The second-order valence-electron chi connectivity index (χ2n) is 3.17. The molecule has 1 aromatic carbocycles. The van der Waals surface area contributed by atoms with Crippen molar-refractivity contribution in [3.05, 3.63) is 30.3 Å². The first kappa shape index (κ1) is 8.81. The summed E-state index contributed by atoms with van der Waals surface area (Å²) in [6.45, 7) is 1.83. The van der Waals surface area contributed by atoms with Crippen LogP contribution >= 0.6 is 0 Å². The highest BCUT2D eigenvalue weighted by atomic mass is 16.1. The molecule has 2 aromatic rings. The summed E-state index contributed by atoms with van der Waals surface area (Å²) in [5.41, 5.74) is 1.04. The fourth-order valence-corrected chi connectivity index (χ4v) is 1.38. The molecule has 3 nitrogen and oxygen atoms in total. The number of fused-ring (bicyclic) bond motifs is 1. The number of para-hydroxylation sites is 1. The van der Waals surface area contributed by atoms with Crippen LogP contribution in [0.25, 0.3) is 10.9 Å². The fourth-order valence-electron chi connectivity index (χ4n) is 1.38. The average Bonchev–Trinajstić information content (AvgIpc) is 2.59. The van der Waals surface area contributed by atoms with Gasteiger partial charge in [-0.2, -0.15) is 0 Å². The van der Waals surface area contributed by atoms with E-state index in [1.165, 1.54) is 0 Å². The van der Waals surface area contributed by atoms with Crippen molar-refractivity contribution in [2.75, 3.05) is 5.32 Å². The van der Waals surface area contributed by atoms with Crippen LogP contribution in [0, 0.1) is 0 Å². The summed E-state index contributed by atoms with van der Waals surface area (Å²) in [7, 11) is 0. The van der Waals surface area contributed by atoms with Crippen molar-refractivity contribution in [3.63, 3.8) is 0 Å². The Labute approximate surface area is 82.1 Å². The number of aromatic nitrogens is 1. The Morgan fingerprint density at radius 1 is 1.43 bits per heavy atom. The number of carbonyl (C=O) groups excluding carboxylic acids is 1. The minimum atomic E-state index is 0.0246. The number of benzene rings is 1. The van der Waals surface area contributed by atoms with E-state index in [0.717, 1.165) is 16.7 Å². The molecule has 1 amide bonds. The standard InChI is InChI=1S/C11H12N2O/c1-2-11(14)13-10-7-8-5-3-4-6-9(8)12-10/h3-7,12H,2H2,1H3,(H,13,14). The lowest BCUT2D eigenvalue weighted by Crippen LogP contribution is -2.09. The van der Waals surface area contributed by atoms with Gasteiger partial charge in [0.15, 0.2) is 0 Å². The van der Waals surface area contributed by atoms with Crippen LogP contribution in [0.5, 0.6) is 0 Å². The number of H-pyrrole nitrogens is 1. The van der Waals surface area contributed by atoms with Gasteiger partial charge in [0, 0.05) is 17.3 Å².